The third-order valence-corrected chi connectivity index (χ3v) is 3.78. The van der Waals surface area contributed by atoms with Crippen molar-refractivity contribution in [1.29, 1.82) is 0 Å². The summed E-state index contributed by atoms with van der Waals surface area (Å²) in [5, 5.41) is 3.80. The molecule has 0 aromatic carbocycles. The van der Waals surface area contributed by atoms with Crippen molar-refractivity contribution >= 4 is 35.3 Å². The smallest absolute Gasteiger partial charge is 0.00649 e. The Kier molecular flexibility index (Phi) is 11.0. The molecule has 0 N–H and O–H groups in total. The zero-order valence-corrected chi connectivity index (χ0v) is 9.07. The van der Waals surface area contributed by atoms with Gasteiger partial charge in [0.05, 0.1) is 0 Å². The van der Waals surface area contributed by atoms with Crippen molar-refractivity contribution in [3.05, 3.63) is 24.0 Å². The average molecular weight is 206 g/mol. The summed E-state index contributed by atoms with van der Waals surface area (Å²) in [6, 6.07) is 0. The van der Waals surface area contributed by atoms with Crippen LogP contribution < -0.4 is 0 Å². The zero-order chi connectivity index (χ0) is 8.36. The summed E-state index contributed by atoms with van der Waals surface area (Å²) in [6.45, 7) is 7.29. The standard InChI is InChI=1S/C8H14S3/c1-3-9-5-7-11-8-6-10-4-2/h3-4H,1-2,5-8H2. The van der Waals surface area contributed by atoms with Crippen LogP contribution in [0.1, 0.15) is 0 Å². The number of rotatable bonds is 8. The fourth-order valence-corrected chi connectivity index (χ4v) is 2.73. The quantitative estimate of drug-likeness (QED) is 0.558. The van der Waals surface area contributed by atoms with Gasteiger partial charge in [0.25, 0.3) is 0 Å². The van der Waals surface area contributed by atoms with E-state index in [-0.39, 0.29) is 0 Å². The first-order chi connectivity index (χ1) is 5.41. The first-order valence-electron chi connectivity index (χ1n) is 3.44. The lowest BCUT2D eigenvalue weighted by molar-refractivity contribution is 1.50. The summed E-state index contributed by atoms with van der Waals surface area (Å²) in [5.41, 5.74) is 0. The molecule has 0 unspecified atom stereocenters. The molecular formula is C8H14S3. The molecule has 0 aliphatic rings. The Morgan fingerprint density at radius 2 is 1.27 bits per heavy atom. The van der Waals surface area contributed by atoms with Gasteiger partial charge in [0.1, 0.15) is 0 Å². The molecule has 0 fully saturated rings. The van der Waals surface area contributed by atoms with E-state index >= 15 is 0 Å². The fraction of sp³-hybridized carbons (Fsp3) is 0.500. The van der Waals surface area contributed by atoms with Gasteiger partial charge in [0, 0.05) is 23.0 Å². The monoisotopic (exact) mass is 206 g/mol. The van der Waals surface area contributed by atoms with E-state index in [1.165, 1.54) is 23.0 Å². The Labute approximate surface area is 82.3 Å². The van der Waals surface area contributed by atoms with Gasteiger partial charge in [-0.2, -0.15) is 11.8 Å². The van der Waals surface area contributed by atoms with Gasteiger partial charge in [-0.25, -0.2) is 0 Å². The van der Waals surface area contributed by atoms with Gasteiger partial charge in [-0.15, -0.1) is 23.5 Å². The summed E-state index contributed by atoms with van der Waals surface area (Å²) in [7, 11) is 0. The number of hydrogen-bond donors (Lipinski definition) is 0. The number of hydrogen-bond acceptors (Lipinski definition) is 3. The summed E-state index contributed by atoms with van der Waals surface area (Å²) >= 11 is 5.57. The highest BCUT2D eigenvalue weighted by Crippen LogP contribution is 2.10. The van der Waals surface area contributed by atoms with Crippen LogP contribution >= 0.6 is 35.3 Å². The molecule has 0 atom stereocenters. The normalized spacial score (nSPS) is 9.45. The van der Waals surface area contributed by atoms with E-state index in [0.29, 0.717) is 0 Å². The van der Waals surface area contributed by atoms with Crippen LogP contribution in [0.3, 0.4) is 0 Å². The lowest BCUT2D eigenvalue weighted by atomic mass is 10.9. The third kappa shape index (κ3) is 10.5. The van der Waals surface area contributed by atoms with E-state index in [2.05, 4.69) is 13.2 Å². The molecule has 0 nitrogen and oxygen atoms in total. The molecule has 0 rings (SSSR count). The van der Waals surface area contributed by atoms with Crippen LogP contribution in [0.4, 0.5) is 0 Å². The van der Waals surface area contributed by atoms with Gasteiger partial charge in [-0.1, -0.05) is 13.2 Å². The Hall–Kier alpha value is 0.530. The Bertz CT molecular complexity index is 89.5. The van der Waals surface area contributed by atoms with Crippen molar-refractivity contribution in [3.8, 4) is 0 Å². The summed E-state index contributed by atoms with van der Waals surface area (Å²) in [6.07, 6.45) is 0. The Balaban J connectivity index is 2.79. The molecule has 0 saturated heterocycles. The van der Waals surface area contributed by atoms with Crippen molar-refractivity contribution < 1.29 is 0 Å². The second-order valence-electron chi connectivity index (χ2n) is 1.69. The van der Waals surface area contributed by atoms with Crippen LogP contribution in [-0.2, 0) is 0 Å². The van der Waals surface area contributed by atoms with Crippen LogP contribution in [-0.4, -0.2) is 23.0 Å². The summed E-state index contributed by atoms with van der Waals surface area (Å²) < 4.78 is 0. The van der Waals surface area contributed by atoms with Crippen molar-refractivity contribution in [2.24, 2.45) is 0 Å². The van der Waals surface area contributed by atoms with E-state index in [4.69, 9.17) is 0 Å². The minimum atomic E-state index is 1.19. The highest BCUT2D eigenvalue weighted by molar-refractivity contribution is 8.06. The molecule has 64 valence electrons. The van der Waals surface area contributed by atoms with Gasteiger partial charge >= 0.3 is 0 Å². The third-order valence-electron chi connectivity index (χ3n) is 0.927. The van der Waals surface area contributed by atoms with Crippen molar-refractivity contribution in [2.75, 3.05) is 23.0 Å². The van der Waals surface area contributed by atoms with Gasteiger partial charge in [-0.05, 0) is 10.8 Å². The lowest BCUT2D eigenvalue weighted by Gasteiger charge is -1.97. The summed E-state index contributed by atoms with van der Waals surface area (Å²) in [4.78, 5) is 0. The molecule has 0 bridgehead atoms. The predicted octanol–water partition coefficient (Wildman–Crippen LogP) is 3.47. The first kappa shape index (κ1) is 11.5. The minimum absolute atomic E-state index is 1.19. The zero-order valence-electron chi connectivity index (χ0n) is 6.62. The van der Waals surface area contributed by atoms with Crippen molar-refractivity contribution in [1.82, 2.24) is 0 Å². The second-order valence-corrected chi connectivity index (χ2v) is 5.06. The highest BCUT2D eigenvalue weighted by Gasteiger charge is 1.87. The minimum Gasteiger partial charge on any atom is -0.160 e. The molecule has 0 amide bonds. The van der Waals surface area contributed by atoms with Crippen LogP contribution in [0.15, 0.2) is 24.0 Å². The maximum atomic E-state index is 3.64. The molecule has 0 aliphatic heterocycles. The van der Waals surface area contributed by atoms with Gasteiger partial charge in [0.15, 0.2) is 0 Å². The van der Waals surface area contributed by atoms with Crippen LogP contribution in [0, 0.1) is 0 Å². The van der Waals surface area contributed by atoms with E-state index in [1.807, 2.05) is 22.6 Å². The second kappa shape index (κ2) is 10.5. The largest absolute Gasteiger partial charge is 0.160 e. The van der Waals surface area contributed by atoms with Crippen molar-refractivity contribution in [2.45, 2.75) is 0 Å². The molecule has 0 aliphatic carbocycles. The molecule has 0 heterocycles. The summed E-state index contributed by atoms with van der Waals surface area (Å²) in [5.74, 6) is 4.84. The molecular weight excluding hydrogens is 192 g/mol. The predicted molar refractivity (Wildman–Crippen MR) is 62.6 cm³/mol. The van der Waals surface area contributed by atoms with E-state index < -0.39 is 0 Å². The molecule has 0 radical (unpaired) electrons. The van der Waals surface area contributed by atoms with Crippen LogP contribution in [0.2, 0.25) is 0 Å². The first-order valence-corrected chi connectivity index (χ1v) is 6.69. The Morgan fingerprint density at radius 1 is 0.818 bits per heavy atom. The molecule has 0 aromatic rings. The SMILES string of the molecule is C=CSCCSCCSC=C. The molecule has 3 heteroatoms. The van der Waals surface area contributed by atoms with Crippen molar-refractivity contribution in [3.63, 3.8) is 0 Å². The number of thioether (sulfide) groups is 3. The topological polar surface area (TPSA) is 0 Å². The van der Waals surface area contributed by atoms with E-state index in [1.54, 1.807) is 23.5 Å². The lowest BCUT2D eigenvalue weighted by Crippen LogP contribution is -1.87. The molecule has 0 spiro atoms. The fourth-order valence-electron chi connectivity index (χ4n) is 0.483. The maximum absolute atomic E-state index is 3.64. The maximum Gasteiger partial charge on any atom is 0.00649 e. The van der Waals surface area contributed by atoms with Crippen LogP contribution in [0.5, 0.6) is 0 Å². The highest BCUT2D eigenvalue weighted by atomic mass is 32.2. The average Bonchev–Trinajstić information content (AvgIpc) is 2.03. The molecule has 0 aromatic heterocycles. The van der Waals surface area contributed by atoms with Gasteiger partial charge in [-0.3, -0.25) is 0 Å². The molecule has 0 saturated carbocycles. The van der Waals surface area contributed by atoms with Crippen LogP contribution in [0.25, 0.3) is 0 Å². The molecule has 11 heavy (non-hydrogen) atoms. The van der Waals surface area contributed by atoms with Gasteiger partial charge in [0.2, 0.25) is 0 Å². The van der Waals surface area contributed by atoms with E-state index in [0.717, 1.165) is 0 Å². The van der Waals surface area contributed by atoms with E-state index in [9.17, 15) is 0 Å². The van der Waals surface area contributed by atoms with Gasteiger partial charge < -0.3 is 0 Å². The Morgan fingerprint density at radius 3 is 1.64 bits per heavy atom.